The zero-order valence-corrected chi connectivity index (χ0v) is 9.78. The van der Waals surface area contributed by atoms with Crippen LogP contribution in [0, 0.1) is 12.3 Å². The Kier molecular flexibility index (Phi) is 7.90. The zero-order chi connectivity index (χ0) is 12.4. The lowest BCUT2D eigenvalue weighted by Gasteiger charge is -2.16. The van der Waals surface area contributed by atoms with Gasteiger partial charge in [-0.3, -0.25) is 14.9 Å². The van der Waals surface area contributed by atoms with Crippen molar-refractivity contribution in [1.82, 2.24) is 10.2 Å². The van der Waals surface area contributed by atoms with Gasteiger partial charge in [-0.05, 0) is 6.42 Å². The number of rotatable bonds is 7. The summed E-state index contributed by atoms with van der Waals surface area (Å²) in [5.74, 6) is 2.09. The Morgan fingerprint density at radius 3 is 2.75 bits per heavy atom. The molecule has 0 aromatic carbocycles. The van der Waals surface area contributed by atoms with Gasteiger partial charge < -0.3 is 9.64 Å². The van der Waals surface area contributed by atoms with Gasteiger partial charge in [-0.25, -0.2) is 0 Å². The van der Waals surface area contributed by atoms with Crippen molar-refractivity contribution in [1.29, 1.82) is 0 Å². The van der Waals surface area contributed by atoms with E-state index >= 15 is 0 Å². The average molecular weight is 226 g/mol. The van der Waals surface area contributed by atoms with Crippen molar-refractivity contribution in [3.63, 3.8) is 0 Å². The number of carbonyl (C=O) groups is 2. The Morgan fingerprint density at radius 2 is 2.19 bits per heavy atom. The first-order valence-corrected chi connectivity index (χ1v) is 5.06. The fourth-order valence-electron chi connectivity index (χ4n) is 1.06. The highest BCUT2D eigenvalue weighted by Gasteiger charge is 2.08. The number of likely N-dealkylation sites (N-methyl/N-ethyl adjacent to an activating group) is 1. The Morgan fingerprint density at radius 1 is 1.50 bits per heavy atom. The lowest BCUT2D eigenvalue weighted by Crippen LogP contribution is -2.36. The fourth-order valence-corrected chi connectivity index (χ4v) is 1.06. The topological polar surface area (TPSA) is 58.6 Å². The van der Waals surface area contributed by atoms with E-state index in [9.17, 15) is 9.59 Å². The second-order valence-corrected chi connectivity index (χ2v) is 3.30. The molecule has 0 aliphatic carbocycles. The molecule has 0 aromatic heterocycles. The van der Waals surface area contributed by atoms with Gasteiger partial charge in [0.15, 0.2) is 0 Å². The number of hydrogen-bond donors (Lipinski definition) is 1. The molecule has 0 saturated heterocycles. The van der Waals surface area contributed by atoms with E-state index in [1.54, 1.807) is 11.9 Å². The summed E-state index contributed by atoms with van der Waals surface area (Å²) >= 11 is 0. The molecule has 5 nitrogen and oxygen atoms in total. The minimum atomic E-state index is -0.258. The maximum absolute atomic E-state index is 11.4. The molecule has 16 heavy (non-hydrogen) atoms. The molecule has 0 saturated carbocycles. The van der Waals surface area contributed by atoms with Crippen LogP contribution < -0.4 is 5.32 Å². The summed E-state index contributed by atoms with van der Waals surface area (Å²) in [6, 6.07) is 0. The van der Waals surface area contributed by atoms with E-state index in [0.717, 1.165) is 0 Å². The molecular formula is C11H18N2O3. The van der Waals surface area contributed by atoms with Crippen LogP contribution in [0.3, 0.4) is 0 Å². The lowest BCUT2D eigenvalue weighted by atomic mass is 10.3. The molecule has 0 radical (unpaired) electrons. The number of hydrogen-bond acceptors (Lipinski definition) is 4. The third-order valence-corrected chi connectivity index (χ3v) is 2.03. The van der Waals surface area contributed by atoms with Crippen LogP contribution in [-0.2, 0) is 14.3 Å². The summed E-state index contributed by atoms with van der Waals surface area (Å²) in [6.45, 7) is 1.13. The van der Waals surface area contributed by atoms with Crippen molar-refractivity contribution < 1.29 is 14.3 Å². The van der Waals surface area contributed by atoms with Crippen molar-refractivity contribution in [2.75, 3.05) is 33.8 Å². The molecule has 0 rings (SSSR count). The predicted octanol–water partition coefficient (Wildman–Crippen LogP) is -0.379. The number of nitrogens with one attached hydrogen (secondary N) is 1. The first-order chi connectivity index (χ1) is 7.61. The highest BCUT2D eigenvalue weighted by molar-refractivity contribution is 5.78. The minimum absolute atomic E-state index is 0.0416. The maximum Gasteiger partial charge on any atom is 0.305 e. The van der Waals surface area contributed by atoms with Gasteiger partial charge in [-0.1, -0.05) is 5.92 Å². The molecule has 0 bridgehead atoms. The lowest BCUT2D eigenvalue weighted by molar-refractivity contribution is -0.141. The largest absolute Gasteiger partial charge is 0.469 e. The van der Waals surface area contributed by atoms with Crippen LogP contribution in [0.5, 0.6) is 0 Å². The second-order valence-electron chi connectivity index (χ2n) is 3.30. The standard InChI is InChI=1S/C11H18N2O3/c1-4-7-12-9-10(14)13(2)8-5-6-11(15)16-3/h1,12H,5-9H2,2-3H3. The number of carbonyl (C=O) groups excluding carboxylic acids is 2. The van der Waals surface area contributed by atoms with Gasteiger partial charge in [-0.2, -0.15) is 0 Å². The predicted molar refractivity (Wildman–Crippen MR) is 60.6 cm³/mol. The smallest absolute Gasteiger partial charge is 0.305 e. The van der Waals surface area contributed by atoms with Crippen molar-refractivity contribution in [3.05, 3.63) is 0 Å². The average Bonchev–Trinajstić information content (AvgIpc) is 2.28. The molecule has 0 aromatic rings. The van der Waals surface area contributed by atoms with Crippen molar-refractivity contribution >= 4 is 11.9 Å². The van der Waals surface area contributed by atoms with Gasteiger partial charge in [0.05, 0.1) is 20.2 Å². The van der Waals surface area contributed by atoms with Gasteiger partial charge in [0.1, 0.15) is 0 Å². The first kappa shape index (κ1) is 14.5. The van der Waals surface area contributed by atoms with E-state index in [2.05, 4.69) is 16.0 Å². The van der Waals surface area contributed by atoms with E-state index in [0.29, 0.717) is 25.9 Å². The molecule has 1 N–H and O–H groups in total. The minimum Gasteiger partial charge on any atom is -0.469 e. The maximum atomic E-state index is 11.4. The highest BCUT2D eigenvalue weighted by Crippen LogP contribution is 1.95. The summed E-state index contributed by atoms with van der Waals surface area (Å²) in [5.41, 5.74) is 0. The molecule has 1 amide bonds. The molecule has 0 aliphatic rings. The number of methoxy groups -OCH3 is 1. The van der Waals surface area contributed by atoms with Gasteiger partial charge in [0.2, 0.25) is 5.91 Å². The Bertz CT molecular complexity index is 271. The molecular weight excluding hydrogens is 208 g/mol. The van der Waals surface area contributed by atoms with Crippen molar-refractivity contribution in [2.45, 2.75) is 12.8 Å². The van der Waals surface area contributed by atoms with Crippen molar-refractivity contribution in [2.24, 2.45) is 0 Å². The normalized spacial score (nSPS) is 9.31. The van der Waals surface area contributed by atoms with Crippen LogP contribution in [0.2, 0.25) is 0 Å². The molecule has 90 valence electrons. The number of amides is 1. The quantitative estimate of drug-likeness (QED) is 0.365. The van der Waals surface area contributed by atoms with Crippen LogP contribution in [0.15, 0.2) is 0 Å². The molecule has 0 heterocycles. The van der Waals surface area contributed by atoms with Crippen LogP contribution in [0.25, 0.3) is 0 Å². The van der Waals surface area contributed by atoms with Crippen LogP contribution in [0.1, 0.15) is 12.8 Å². The van der Waals surface area contributed by atoms with E-state index in [-0.39, 0.29) is 18.4 Å². The third-order valence-electron chi connectivity index (χ3n) is 2.03. The van der Waals surface area contributed by atoms with E-state index in [1.807, 2.05) is 0 Å². The van der Waals surface area contributed by atoms with E-state index in [4.69, 9.17) is 6.42 Å². The summed E-state index contributed by atoms with van der Waals surface area (Å²) in [6.07, 6.45) is 5.96. The molecule has 0 atom stereocenters. The Balaban J connectivity index is 3.63. The zero-order valence-electron chi connectivity index (χ0n) is 9.78. The third kappa shape index (κ3) is 6.85. The van der Waals surface area contributed by atoms with E-state index in [1.165, 1.54) is 7.11 Å². The van der Waals surface area contributed by atoms with Gasteiger partial charge in [0, 0.05) is 20.0 Å². The van der Waals surface area contributed by atoms with E-state index < -0.39 is 0 Å². The Hall–Kier alpha value is -1.54. The molecule has 5 heteroatoms. The van der Waals surface area contributed by atoms with Crippen LogP contribution >= 0.6 is 0 Å². The number of terminal acetylenes is 1. The second kappa shape index (κ2) is 8.74. The monoisotopic (exact) mass is 226 g/mol. The van der Waals surface area contributed by atoms with Gasteiger partial charge >= 0.3 is 5.97 Å². The molecule has 0 aliphatic heterocycles. The van der Waals surface area contributed by atoms with Crippen LogP contribution in [0.4, 0.5) is 0 Å². The summed E-state index contributed by atoms with van der Waals surface area (Å²) in [5, 5.41) is 2.81. The molecule has 0 spiro atoms. The SMILES string of the molecule is C#CCNCC(=O)N(C)CCCC(=O)OC. The number of ether oxygens (including phenoxy) is 1. The fraction of sp³-hybridized carbons (Fsp3) is 0.636. The summed E-state index contributed by atoms with van der Waals surface area (Å²) in [4.78, 5) is 23.8. The first-order valence-electron chi connectivity index (χ1n) is 5.06. The highest BCUT2D eigenvalue weighted by atomic mass is 16.5. The van der Waals surface area contributed by atoms with Gasteiger partial charge in [0.25, 0.3) is 0 Å². The molecule has 0 unspecified atom stereocenters. The van der Waals surface area contributed by atoms with Crippen molar-refractivity contribution in [3.8, 4) is 12.3 Å². The summed E-state index contributed by atoms with van der Waals surface area (Å²) in [7, 11) is 3.04. The van der Waals surface area contributed by atoms with Gasteiger partial charge in [-0.15, -0.1) is 6.42 Å². The Labute approximate surface area is 96.1 Å². The number of esters is 1. The van der Waals surface area contributed by atoms with Crippen LogP contribution in [-0.4, -0.2) is 50.6 Å². The summed E-state index contributed by atoms with van der Waals surface area (Å²) < 4.78 is 4.50. The molecule has 0 fully saturated rings. The number of nitrogens with zero attached hydrogens (tertiary/aromatic N) is 1.